The van der Waals surface area contributed by atoms with Gasteiger partial charge in [-0.2, -0.15) is 0 Å². The number of amides is 4. The first-order valence-corrected chi connectivity index (χ1v) is 14.4. The molecule has 1 aromatic rings. The fourth-order valence-electron chi connectivity index (χ4n) is 6.69. The van der Waals surface area contributed by atoms with E-state index in [4.69, 9.17) is 9.47 Å². The number of imide groups is 2. The van der Waals surface area contributed by atoms with Crippen LogP contribution in [0.1, 0.15) is 85.9 Å². The number of benzene rings is 1. The lowest BCUT2D eigenvalue weighted by atomic mass is 9.81. The van der Waals surface area contributed by atoms with Crippen LogP contribution in [-0.2, 0) is 28.7 Å². The Morgan fingerprint density at radius 3 is 1.32 bits per heavy atom. The summed E-state index contributed by atoms with van der Waals surface area (Å²) in [4.78, 5) is 79.0. The van der Waals surface area contributed by atoms with Gasteiger partial charge in [-0.3, -0.25) is 29.0 Å². The minimum absolute atomic E-state index is 0.00862. The summed E-state index contributed by atoms with van der Waals surface area (Å²) in [6, 6.07) is 5.88. The Labute approximate surface area is 233 Å². The molecule has 5 rings (SSSR count). The Bertz CT molecular complexity index is 1090. The van der Waals surface area contributed by atoms with E-state index in [9.17, 15) is 28.8 Å². The molecule has 214 valence electrons. The summed E-state index contributed by atoms with van der Waals surface area (Å²) in [7, 11) is 0. The molecular formula is C30H36N2O8. The van der Waals surface area contributed by atoms with Gasteiger partial charge in [-0.15, -0.1) is 0 Å². The summed E-state index contributed by atoms with van der Waals surface area (Å²) < 4.78 is 11.0. The summed E-state index contributed by atoms with van der Waals surface area (Å²) in [6.45, 7) is 3.23. The molecule has 6 atom stereocenters. The van der Waals surface area contributed by atoms with E-state index in [1.54, 1.807) is 13.8 Å². The van der Waals surface area contributed by atoms with Gasteiger partial charge in [0.25, 0.3) is 0 Å². The predicted molar refractivity (Wildman–Crippen MR) is 141 cm³/mol. The molecule has 0 bridgehead atoms. The van der Waals surface area contributed by atoms with E-state index in [1.165, 1.54) is 34.1 Å². The Balaban J connectivity index is 1.15. The van der Waals surface area contributed by atoms with Crippen LogP contribution in [0.25, 0.3) is 0 Å². The molecule has 4 amide bonds. The number of esters is 2. The van der Waals surface area contributed by atoms with Gasteiger partial charge in [-0.1, -0.05) is 31.7 Å². The highest BCUT2D eigenvalue weighted by molar-refractivity contribution is 6.06. The molecule has 10 nitrogen and oxygen atoms in total. The second kappa shape index (κ2) is 11.5. The molecule has 2 saturated carbocycles. The van der Waals surface area contributed by atoms with Crippen LogP contribution in [0.15, 0.2) is 24.3 Å². The number of likely N-dealkylation sites (tertiary alicyclic amines) is 2. The van der Waals surface area contributed by atoms with Crippen molar-refractivity contribution in [3.05, 3.63) is 35.4 Å². The first-order valence-electron chi connectivity index (χ1n) is 14.4. The van der Waals surface area contributed by atoms with Gasteiger partial charge in [-0.05, 0) is 57.7 Å². The third kappa shape index (κ3) is 5.40. The molecule has 0 radical (unpaired) electrons. The number of hydrogen-bond donors (Lipinski definition) is 0. The van der Waals surface area contributed by atoms with Crippen molar-refractivity contribution in [1.82, 2.24) is 9.80 Å². The van der Waals surface area contributed by atoms with Crippen LogP contribution < -0.4 is 0 Å². The predicted octanol–water partition coefficient (Wildman–Crippen LogP) is 3.13. The van der Waals surface area contributed by atoms with Crippen LogP contribution >= 0.6 is 0 Å². The molecular weight excluding hydrogens is 516 g/mol. The largest absolute Gasteiger partial charge is 0.457 e. The number of fused-ring (bicyclic) bond motifs is 2. The Kier molecular flexibility index (Phi) is 8.05. The molecule has 2 aliphatic carbocycles. The van der Waals surface area contributed by atoms with Crippen LogP contribution in [0.3, 0.4) is 0 Å². The van der Waals surface area contributed by atoms with E-state index >= 15 is 0 Å². The molecule has 4 aliphatic rings. The molecule has 1 aromatic carbocycles. The van der Waals surface area contributed by atoms with Gasteiger partial charge in [0.2, 0.25) is 23.6 Å². The van der Waals surface area contributed by atoms with Crippen molar-refractivity contribution < 1.29 is 38.2 Å². The number of nitrogens with zero attached hydrogens (tertiary/aromatic N) is 2. The lowest BCUT2D eigenvalue weighted by Crippen LogP contribution is -2.38. The number of ether oxygens (including phenoxy) is 2. The smallest absolute Gasteiger partial charge is 0.338 e. The van der Waals surface area contributed by atoms with Crippen molar-refractivity contribution in [3.63, 3.8) is 0 Å². The van der Waals surface area contributed by atoms with Gasteiger partial charge >= 0.3 is 11.9 Å². The number of carbonyl (C=O) groups excluding carboxylic acids is 6. The Morgan fingerprint density at radius 1 is 0.675 bits per heavy atom. The zero-order chi connectivity index (χ0) is 28.6. The second-order valence-corrected chi connectivity index (χ2v) is 11.6. The number of hydrogen-bond acceptors (Lipinski definition) is 8. The summed E-state index contributed by atoms with van der Waals surface area (Å²) >= 11 is 0. The highest BCUT2D eigenvalue weighted by atomic mass is 16.5. The van der Waals surface area contributed by atoms with E-state index in [1.807, 2.05) is 0 Å². The van der Waals surface area contributed by atoms with Gasteiger partial charge in [0.05, 0.1) is 47.9 Å². The molecule has 4 fully saturated rings. The highest BCUT2D eigenvalue weighted by Gasteiger charge is 2.49. The van der Waals surface area contributed by atoms with Gasteiger partial charge in [-0.25, -0.2) is 9.59 Å². The molecule has 2 aliphatic heterocycles. The van der Waals surface area contributed by atoms with Gasteiger partial charge in [0.15, 0.2) is 0 Å². The second-order valence-electron chi connectivity index (χ2n) is 11.6. The lowest BCUT2D eigenvalue weighted by Gasteiger charge is -2.21. The minimum atomic E-state index is -0.726. The normalized spacial score (nSPS) is 27.8. The summed E-state index contributed by atoms with van der Waals surface area (Å²) in [5, 5.41) is 0. The fraction of sp³-hybridized carbons (Fsp3) is 0.600. The minimum Gasteiger partial charge on any atom is -0.457 e. The van der Waals surface area contributed by atoms with E-state index in [0.717, 1.165) is 25.7 Å². The quantitative estimate of drug-likeness (QED) is 0.356. The Hall–Kier alpha value is -3.56. The van der Waals surface area contributed by atoms with Crippen molar-refractivity contribution in [2.75, 3.05) is 13.1 Å². The van der Waals surface area contributed by atoms with Crippen molar-refractivity contribution in [1.29, 1.82) is 0 Å². The molecule has 10 heteroatoms. The van der Waals surface area contributed by atoms with Crippen molar-refractivity contribution in [2.45, 2.75) is 77.4 Å². The van der Waals surface area contributed by atoms with Crippen LogP contribution in [0, 0.1) is 23.7 Å². The number of rotatable bonds is 8. The maximum atomic E-state index is 12.8. The topological polar surface area (TPSA) is 127 Å². The zero-order valence-corrected chi connectivity index (χ0v) is 23.0. The third-order valence-electron chi connectivity index (χ3n) is 8.69. The van der Waals surface area contributed by atoms with Crippen LogP contribution in [0.2, 0.25) is 0 Å². The molecule has 0 N–H and O–H groups in total. The van der Waals surface area contributed by atoms with E-state index in [2.05, 4.69) is 0 Å². The van der Waals surface area contributed by atoms with Gasteiger partial charge < -0.3 is 9.47 Å². The molecule has 6 unspecified atom stereocenters. The van der Waals surface area contributed by atoms with E-state index in [0.29, 0.717) is 25.7 Å². The molecule has 40 heavy (non-hydrogen) atoms. The molecule has 0 aromatic heterocycles. The van der Waals surface area contributed by atoms with Crippen LogP contribution in [0.5, 0.6) is 0 Å². The first-order chi connectivity index (χ1) is 19.2. The molecule has 2 heterocycles. The maximum Gasteiger partial charge on any atom is 0.338 e. The fourth-order valence-corrected chi connectivity index (χ4v) is 6.69. The SMILES string of the molecule is CC(CN1C(=O)C2CCCCC2C1=O)OC(=O)c1cccc(C(=O)OC(C)CN2C(=O)C3CCCCC3C2=O)c1. The highest BCUT2D eigenvalue weighted by Crippen LogP contribution is 2.39. The Morgan fingerprint density at radius 2 is 1.00 bits per heavy atom. The van der Waals surface area contributed by atoms with Crippen molar-refractivity contribution in [2.24, 2.45) is 23.7 Å². The van der Waals surface area contributed by atoms with Crippen molar-refractivity contribution in [3.8, 4) is 0 Å². The van der Waals surface area contributed by atoms with E-state index in [-0.39, 0.29) is 71.5 Å². The van der Waals surface area contributed by atoms with Gasteiger partial charge in [0, 0.05) is 0 Å². The number of carbonyl (C=O) groups is 6. The van der Waals surface area contributed by atoms with Gasteiger partial charge in [0.1, 0.15) is 12.2 Å². The third-order valence-corrected chi connectivity index (χ3v) is 8.69. The summed E-state index contributed by atoms with van der Waals surface area (Å²) in [5.74, 6) is -3.19. The lowest BCUT2D eigenvalue weighted by molar-refractivity contribution is -0.142. The van der Waals surface area contributed by atoms with E-state index < -0.39 is 24.1 Å². The maximum absolute atomic E-state index is 12.8. The summed E-state index contributed by atoms with van der Waals surface area (Å²) in [6.07, 6.45) is 5.15. The first kappa shape index (κ1) is 28.0. The van der Waals surface area contributed by atoms with Crippen LogP contribution in [-0.4, -0.2) is 70.7 Å². The standard InChI is InChI=1S/C30H36N2O8/c1-17(15-31-25(33)21-10-3-4-11-22(21)26(31)34)39-29(37)19-8-7-9-20(14-19)30(38)40-18(2)16-32-27(35)23-12-5-6-13-24(23)28(32)36/h7-9,14,17-18,21-24H,3-6,10-13,15-16H2,1-2H3. The van der Waals surface area contributed by atoms with Crippen molar-refractivity contribution >= 4 is 35.6 Å². The monoisotopic (exact) mass is 552 g/mol. The molecule has 2 saturated heterocycles. The molecule has 0 spiro atoms. The average molecular weight is 553 g/mol. The average Bonchev–Trinajstić information content (AvgIpc) is 3.33. The zero-order valence-electron chi connectivity index (χ0n) is 23.0. The van der Waals surface area contributed by atoms with Crippen LogP contribution in [0.4, 0.5) is 0 Å². The summed E-state index contributed by atoms with van der Waals surface area (Å²) in [5.41, 5.74) is 0.242.